The summed E-state index contributed by atoms with van der Waals surface area (Å²) in [5.74, 6) is 1.32. The van der Waals surface area contributed by atoms with Gasteiger partial charge in [0.2, 0.25) is 0 Å². The topological polar surface area (TPSA) is 15.3 Å². The molecule has 2 saturated heterocycles. The van der Waals surface area contributed by atoms with Crippen molar-refractivity contribution < 1.29 is 0 Å². The van der Waals surface area contributed by atoms with E-state index >= 15 is 0 Å². The normalized spacial score (nSPS) is 33.6. The first-order valence-corrected chi connectivity index (χ1v) is 7.25. The Bertz CT molecular complexity index is 198. The van der Waals surface area contributed by atoms with Gasteiger partial charge in [-0.05, 0) is 46.2 Å². The van der Waals surface area contributed by atoms with Gasteiger partial charge in [0.1, 0.15) is 0 Å². The number of hydrogen-bond acceptors (Lipinski definition) is 3. The quantitative estimate of drug-likeness (QED) is 0.738. The van der Waals surface area contributed by atoms with E-state index in [-0.39, 0.29) is 0 Å². The molecule has 15 heavy (non-hydrogen) atoms. The van der Waals surface area contributed by atoms with E-state index in [1.54, 1.807) is 0 Å². The fourth-order valence-corrected chi connectivity index (χ4v) is 3.87. The van der Waals surface area contributed by atoms with Crippen molar-refractivity contribution in [3.63, 3.8) is 0 Å². The zero-order chi connectivity index (χ0) is 10.7. The molecular weight excluding hydrogens is 204 g/mol. The average molecular weight is 228 g/mol. The molecule has 2 fully saturated rings. The minimum absolute atomic E-state index is 0.470. The monoisotopic (exact) mass is 228 g/mol. The van der Waals surface area contributed by atoms with Gasteiger partial charge in [0.25, 0.3) is 0 Å². The Morgan fingerprint density at radius 3 is 2.93 bits per heavy atom. The van der Waals surface area contributed by atoms with Gasteiger partial charge in [0.05, 0.1) is 0 Å². The highest BCUT2D eigenvalue weighted by Crippen LogP contribution is 2.31. The first kappa shape index (κ1) is 11.7. The van der Waals surface area contributed by atoms with Crippen LogP contribution in [0.4, 0.5) is 0 Å². The smallest absolute Gasteiger partial charge is 0.0231 e. The second-order valence-electron chi connectivity index (χ2n) is 5.41. The predicted molar refractivity (Wildman–Crippen MR) is 68.6 cm³/mol. The van der Waals surface area contributed by atoms with E-state index in [2.05, 4.69) is 35.8 Å². The van der Waals surface area contributed by atoms with Gasteiger partial charge in [-0.2, -0.15) is 11.8 Å². The zero-order valence-corrected chi connectivity index (χ0v) is 10.9. The van der Waals surface area contributed by atoms with Crippen molar-refractivity contribution in [1.29, 1.82) is 0 Å². The van der Waals surface area contributed by atoms with Crippen molar-refractivity contribution in [2.45, 2.75) is 43.9 Å². The molecule has 2 aliphatic heterocycles. The van der Waals surface area contributed by atoms with Crippen LogP contribution in [-0.2, 0) is 0 Å². The van der Waals surface area contributed by atoms with Gasteiger partial charge in [0, 0.05) is 29.6 Å². The molecule has 2 nitrogen and oxygen atoms in total. The molecule has 3 heteroatoms. The first-order chi connectivity index (χ1) is 7.17. The van der Waals surface area contributed by atoms with E-state index in [1.165, 1.54) is 51.2 Å². The van der Waals surface area contributed by atoms with Crippen molar-refractivity contribution in [3.8, 4) is 0 Å². The fourth-order valence-electron chi connectivity index (χ4n) is 2.73. The molecule has 2 heterocycles. The maximum atomic E-state index is 3.51. The van der Waals surface area contributed by atoms with E-state index < -0.39 is 0 Å². The molecule has 0 aliphatic carbocycles. The molecule has 88 valence electrons. The lowest BCUT2D eigenvalue weighted by molar-refractivity contribution is 0.173. The van der Waals surface area contributed by atoms with Crippen molar-refractivity contribution >= 4 is 11.8 Å². The summed E-state index contributed by atoms with van der Waals surface area (Å²) in [6.07, 6.45) is 4.10. The summed E-state index contributed by atoms with van der Waals surface area (Å²) in [6, 6.07) is 0.847. The van der Waals surface area contributed by atoms with E-state index in [1.807, 2.05) is 0 Å². The van der Waals surface area contributed by atoms with Crippen LogP contribution in [0.25, 0.3) is 0 Å². The van der Waals surface area contributed by atoms with Crippen LogP contribution >= 0.6 is 11.8 Å². The van der Waals surface area contributed by atoms with Crippen LogP contribution < -0.4 is 5.32 Å². The van der Waals surface area contributed by atoms with E-state index in [4.69, 9.17) is 0 Å². The minimum atomic E-state index is 0.470. The molecule has 0 aromatic carbocycles. The molecule has 2 rings (SSSR count). The Morgan fingerprint density at radius 1 is 1.27 bits per heavy atom. The summed E-state index contributed by atoms with van der Waals surface area (Å²) >= 11 is 2.14. The molecule has 1 unspecified atom stereocenters. The van der Waals surface area contributed by atoms with E-state index in [9.17, 15) is 0 Å². The third-order valence-electron chi connectivity index (χ3n) is 3.52. The van der Waals surface area contributed by atoms with Crippen LogP contribution in [0.1, 0.15) is 33.1 Å². The minimum Gasteiger partial charge on any atom is -0.317 e. The Kier molecular flexibility index (Phi) is 3.97. The first-order valence-electron chi connectivity index (χ1n) is 6.26. The molecule has 0 spiro atoms. The molecule has 0 aromatic rings. The second-order valence-corrected chi connectivity index (χ2v) is 7.22. The van der Waals surface area contributed by atoms with Crippen LogP contribution in [-0.4, -0.2) is 47.6 Å². The Hall–Kier alpha value is 0.270. The Balaban J connectivity index is 1.90. The summed E-state index contributed by atoms with van der Waals surface area (Å²) in [7, 11) is 0. The predicted octanol–water partition coefficient (Wildman–Crippen LogP) is 1.96. The average Bonchev–Trinajstić information content (AvgIpc) is 2.44. The number of nitrogens with zero attached hydrogens (tertiary/aromatic N) is 1. The number of hydrogen-bond donors (Lipinski definition) is 1. The maximum Gasteiger partial charge on any atom is 0.0231 e. The molecular formula is C12H24N2S. The summed E-state index contributed by atoms with van der Waals surface area (Å²) in [5, 5.41) is 3.51. The largest absolute Gasteiger partial charge is 0.317 e. The lowest BCUT2D eigenvalue weighted by atomic mass is 10.0. The summed E-state index contributed by atoms with van der Waals surface area (Å²) in [6.45, 7) is 9.80. The van der Waals surface area contributed by atoms with Crippen LogP contribution in [0, 0.1) is 0 Å². The zero-order valence-electron chi connectivity index (χ0n) is 10.1. The molecule has 0 aromatic heterocycles. The van der Waals surface area contributed by atoms with Gasteiger partial charge in [-0.15, -0.1) is 0 Å². The standard InChI is InChI=1S/C12H24N2S/c1-12(2)10-14(8-9-15-12)11-4-3-6-13-7-5-11/h11,13H,3-10H2,1-2H3. The van der Waals surface area contributed by atoms with Gasteiger partial charge in [-0.1, -0.05) is 0 Å². The van der Waals surface area contributed by atoms with Crippen molar-refractivity contribution in [1.82, 2.24) is 10.2 Å². The summed E-state index contributed by atoms with van der Waals surface area (Å²) in [5.41, 5.74) is 0. The fraction of sp³-hybridized carbons (Fsp3) is 1.00. The van der Waals surface area contributed by atoms with Crippen LogP contribution in [0.3, 0.4) is 0 Å². The molecule has 1 atom stereocenters. The molecule has 0 amide bonds. The molecule has 0 radical (unpaired) electrons. The highest BCUT2D eigenvalue weighted by molar-refractivity contribution is 8.00. The van der Waals surface area contributed by atoms with Crippen molar-refractivity contribution in [2.75, 3.05) is 31.9 Å². The summed E-state index contributed by atoms with van der Waals surface area (Å²) < 4.78 is 0.470. The van der Waals surface area contributed by atoms with Gasteiger partial charge >= 0.3 is 0 Å². The van der Waals surface area contributed by atoms with Crippen molar-refractivity contribution in [2.24, 2.45) is 0 Å². The van der Waals surface area contributed by atoms with Gasteiger partial charge < -0.3 is 5.32 Å². The Morgan fingerprint density at radius 2 is 2.13 bits per heavy atom. The van der Waals surface area contributed by atoms with E-state index in [0.717, 1.165) is 6.04 Å². The van der Waals surface area contributed by atoms with Gasteiger partial charge in [0.15, 0.2) is 0 Å². The molecule has 0 bridgehead atoms. The highest BCUT2D eigenvalue weighted by Gasteiger charge is 2.30. The lowest BCUT2D eigenvalue weighted by Gasteiger charge is -2.41. The van der Waals surface area contributed by atoms with Gasteiger partial charge in [-0.25, -0.2) is 0 Å². The third kappa shape index (κ3) is 3.36. The van der Waals surface area contributed by atoms with Crippen LogP contribution in [0.2, 0.25) is 0 Å². The lowest BCUT2D eigenvalue weighted by Crippen LogP contribution is -2.48. The van der Waals surface area contributed by atoms with Crippen LogP contribution in [0.5, 0.6) is 0 Å². The Labute approximate surface area is 98.2 Å². The summed E-state index contributed by atoms with van der Waals surface area (Å²) in [4.78, 5) is 2.74. The molecule has 1 N–H and O–H groups in total. The maximum absolute atomic E-state index is 3.51. The van der Waals surface area contributed by atoms with E-state index in [0.29, 0.717) is 4.75 Å². The highest BCUT2D eigenvalue weighted by atomic mass is 32.2. The number of rotatable bonds is 1. The SMILES string of the molecule is CC1(C)CN(C2CCCNCC2)CCS1. The van der Waals surface area contributed by atoms with Gasteiger partial charge in [-0.3, -0.25) is 4.90 Å². The van der Waals surface area contributed by atoms with Crippen molar-refractivity contribution in [3.05, 3.63) is 0 Å². The number of thioether (sulfide) groups is 1. The number of nitrogens with one attached hydrogen (secondary N) is 1. The molecule has 0 saturated carbocycles. The second kappa shape index (κ2) is 5.07. The van der Waals surface area contributed by atoms with Crippen LogP contribution in [0.15, 0.2) is 0 Å². The third-order valence-corrected chi connectivity index (χ3v) is 4.81. The molecule has 2 aliphatic rings.